The molecule has 1 aliphatic rings. The number of sulfonamides is 1. The molecule has 2 aromatic carbocycles. The first-order valence-electron chi connectivity index (χ1n) is 10.4. The van der Waals surface area contributed by atoms with Crippen LogP contribution in [0.5, 0.6) is 0 Å². The minimum atomic E-state index is -3.72. The van der Waals surface area contributed by atoms with E-state index in [9.17, 15) is 28.1 Å². The molecule has 3 aromatic rings. The van der Waals surface area contributed by atoms with Crippen molar-refractivity contribution in [3.8, 4) is 0 Å². The number of aromatic nitrogens is 1. The van der Waals surface area contributed by atoms with Gasteiger partial charge in [-0.1, -0.05) is 0 Å². The molecule has 1 amide bonds. The molecule has 4 rings (SSSR count). The number of benzene rings is 2. The van der Waals surface area contributed by atoms with Gasteiger partial charge in [0.2, 0.25) is 15.9 Å². The molecule has 1 N–H and O–H groups in total. The fourth-order valence-electron chi connectivity index (χ4n) is 3.85. The fourth-order valence-corrected chi connectivity index (χ4v) is 5.44. The van der Waals surface area contributed by atoms with E-state index in [1.54, 1.807) is 0 Å². The number of fused-ring (bicyclic) bond motifs is 1. The summed E-state index contributed by atoms with van der Waals surface area (Å²) in [7, 11) is -3.72. The number of anilines is 1. The Kier molecular flexibility index (Phi) is 6.25. The summed E-state index contributed by atoms with van der Waals surface area (Å²) in [6, 6.07) is 9.36. The Morgan fingerprint density at radius 2 is 1.79 bits per heavy atom. The van der Waals surface area contributed by atoms with Crippen LogP contribution in [0.15, 0.2) is 56.6 Å². The molecule has 0 aliphatic carbocycles. The van der Waals surface area contributed by atoms with Crippen LogP contribution in [-0.2, 0) is 26.1 Å². The first-order chi connectivity index (χ1) is 16.0. The second-order valence-corrected chi connectivity index (χ2v) is 9.95. The van der Waals surface area contributed by atoms with Gasteiger partial charge in [-0.3, -0.25) is 19.5 Å². The summed E-state index contributed by atoms with van der Waals surface area (Å²) in [5, 5.41) is 13.5. The maximum absolute atomic E-state index is 12.9. The number of non-ortho nitro benzene ring substituents is 1. The molecule has 1 fully saturated rings. The second-order valence-electron chi connectivity index (χ2n) is 8.02. The van der Waals surface area contributed by atoms with Gasteiger partial charge >= 0.3 is 5.76 Å². The Morgan fingerprint density at radius 3 is 2.41 bits per heavy atom. The van der Waals surface area contributed by atoms with Gasteiger partial charge in [-0.05, 0) is 44.2 Å². The van der Waals surface area contributed by atoms with Crippen molar-refractivity contribution in [1.29, 1.82) is 0 Å². The molecule has 0 radical (unpaired) electrons. The Hall–Kier alpha value is -3.55. The Morgan fingerprint density at radius 1 is 1.15 bits per heavy atom. The van der Waals surface area contributed by atoms with Crippen LogP contribution in [0.3, 0.4) is 0 Å². The van der Waals surface area contributed by atoms with E-state index in [0.29, 0.717) is 5.69 Å². The van der Waals surface area contributed by atoms with Gasteiger partial charge in [0.05, 0.1) is 33.6 Å². The van der Waals surface area contributed by atoms with Crippen LogP contribution in [-0.4, -0.2) is 53.4 Å². The number of ether oxygens (including phenoxy) is 1. The summed E-state index contributed by atoms with van der Waals surface area (Å²) in [5.41, 5.74) is 0.326. The van der Waals surface area contributed by atoms with E-state index in [1.807, 2.05) is 13.8 Å². The predicted molar refractivity (Wildman–Crippen MR) is 121 cm³/mol. The number of nitro benzene ring substituents is 1. The van der Waals surface area contributed by atoms with E-state index in [2.05, 4.69) is 5.32 Å². The highest BCUT2D eigenvalue weighted by molar-refractivity contribution is 7.89. The lowest BCUT2D eigenvalue weighted by molar-refractivity contribution is -0.384. The summed E-state index contributed by atoms with van der Waals surface area (Å²) in [5.74, 6) is -1.39. The smallest absolute Gasteiger partial charge is 0.407 e. The standard InChI is InChI=1S/C21H22N4O8S/c1-13-10-23(11-14(2)32-13)34(30,31)17-6-3-15(4-7-17)22-20(26)12-24-18-8-5-16(25(28)29)9-19(18)33-21(24)27/h3-9,13-14H,10-12H2,1-2H3,(H,22,26). The van der Waals surface area contributed by atoms with Gasteiger partial charge in [0, 0.05) is 24.8 Å². The molecule has 34 heavy (non-hydrogen) atoms. The number of carbonyl (C=O) groups is 1. The van der Waals surface area contributed by atoms with Crippen molar-refractivity contribution in [2.24, 2.45) is 0 Å². The van der Waals surface area contributed by atoms with Crippen LogP contribution in [0, 0.1) is 10.1 Å². The van der Waals surface area contributed by atoms with E-state index in [0.717, 1.165) is 10.6 Å². The lowest BCUT2D eigenvalue weighted by Gasteiger charge is -2.34. The third-order valence-electron chi connectivity index (χ3n) is 5.33. The number of nitrogens with one attached hydrogen (secondary N) is 1. The SMILES string of the molecule is CC1CN(S(=O)(=O)c2ccc(NC(=O)Cn3c(=O)oc4cc([N+](=O)[O-])ccc43)cc2)CC(C)O1. The van der Waals surface area contributed by atoms with Crippen LogP contribution < -0.4 is 11.1 Å². The molecule has 2 unspecified atom stereocenters. The van der Waals surface area contributed by atoms with Gasteiger partial charge in [-0.25, -0.2) is 13.2 Å². The zero-order valence-corrected chi connectivity index (χ0v) is 19.1. The Labute approximate surface area is 193 Å². The molecule has 2 heterocycles. The van der Waals surface area contributed by atoms with Crippen LogP contribution >= 0.6 is 0 Å². The van der Waals surface area contributed by atoms with Crippen LogP contribution in [0.4, 0.5) is 11.4 Å². The second kappa shape index (κ2) is 9.00. The predicted octanol–water partition coefficient (Wildman–Crippen LogP) is 1.94. The molecule has 12 nitrogen and oxygen atoms in total. The average molecular weight is 490 g/mol. The molecule has 180 valence electrons. The molecular formula is C21H22N4O8S. The molecule has 0 spiro atoms. The van der Waals surface area contributed by atoms with Crippen LogP contribution in [0.25, 0.3) is 11.1 Å². The number of hydrogen-bond donors (Lipinski definition) is 1. The van der Waals surface area contributed by atoms with Gasteiger partial charge in [0.25, 0.3) is 5.69 Å². The average Bonchev–Trinajstić information content (AvgIpc) is 3.07. The maximum atomic E-state index is 12.9. The van der Waals surface area contributed by atoms with E-state index < -0.39 is 33.2 Å². The molecule has 0 saturated carbocycles. The number of carbonyl (C=O) groups excluding carboxylic acids is 1. The zero-order chi connectivity index (χ0) is 24.6. The van der Waals surface area contributed by atoms with Gasteiger partial charge in [-0.2, -0.15) is 4.31 Å². The van der Waals surface area contributed by atoms with Crippen LogP contribution in [0.1, 0.15) is 13.8 Å². The number of nitro groups is 1. The third kappa shape index (κ3) is 4.71. The molecule has 1 aliphatic heterocycles. The quantitative estimate of drug-likeness (QED) is 0.406. The minimum absolute atomic E-state index is 0.00620. The molecule has 2 atom stereocenters. The van der Waals surface area contributed by atoms with Gasteiger partial charge in [-0.15, -0.1) is 0 Å². The summed E-state index contributed by atoms with van der Waals surface area (Å²) < 4.78 is 38.9. The molecule has 1 aromatic heterocycles. The van der Waals surface area contributed by atoms with Crippen LogP contribution in [0.2, 0.25) is 0 Å². The lowest BCUT2D eigenvalue weighted by Crippen LogP contribution is -2.48. The number of morpholine rings is 1. The monoisotopic (exact) mass is 490 g/mol. The summed E-state index contributed by atoms with van der Waals surface area (Å²) >= 11 is 0. The van der Waals surface area contributed by atoms with E-state index >= 15 is 0 Å². The van der Waals surface area contributed by atoms with E-state index in [4.69, 9.17) is 9.15 Å². The number of hydrogen-bond acceptors (Lipinski definition) is 8. The summed E-state index contributed by atoms with van der Waals surface area (Å²) in [4.78, 5) is 35.0. The van der Waals surface area contributed by atoms with Crippen molar-refractivity contribution in [2.45, 2.75) is 37.5 Å². The largest absolute Gasteiger partial charge is 0.420 e. The normalized spacial score (nSPS) is 19.2. The first kappa shape index (κ1) is 23.6. The summed E-state index contributed by atoms with van der Waals surface area (Å²) in [6.45, 7) is 3.73. The van der Waals surface area contributed by atoms with Gasteiger partial charge < -0.3 is 14.5 Å². The van der Waals surface area contributed by atoms with Gasteiger partial charge in [0.15, 0.2) is 5.58 Å². The van der Waals surface area contributed by atoms with Crippen molar-refractivity contribution in [2.75, 3.05) is 18.4 Å². The van der Waals surface area contributed by atoms with Crippen molar-refractivity contribution < 1.29 is 27.3 Å². The molecular weight excluding hydrogens is 468 g/mol. The fraction of sp³-hybridized carbons (Fsp3) is 0.333. The molecule has 0 bridgehead atoms. The highest BCUT2D eigenvalue weighted by Crippen LogP contribution is 2.23. The minimum Gasteiger partial charge on any atom is -0.407 e. The van der Waals surface area contributed by atoms with Crippen molar-refractivity contribution in [3.05, 3.63) is 63.1 Å². The van der Waals surface area contributed by atoms with Gasteiger partial charge in [0.1, 0.15) is 6.54 Å². The number of amides is 1. The highest BCUT2D eigenvalue weighted by Gasteiger charge is 2.32. The van der Waals surface area contributed by atoms with Crippen molar-refractivity contribution >= 4 is 38.4 Å². The zero-order valence-electron chi connectivity index (χ0n) is 18.3. The number of rotatable bonds is 6. The van der Waals surface area contributed by atoms with E-state index in [-0.39, 0.29) is 47.0 Å². The highest BCUT2D eigenvalue weighted by atomic mass is 32.2. The number of nitrogens with zero attached hydrogens (tertiary/aromatic N) is 3. The summed E-state index contributed by atoms with van der Waals surface area (Å²) in [6.07, 6.45) is -0.434. The maximum Gasteiger partial charge on any atom is 0.420 e. The van der Waals surface area contributed by atoms with Crippen molar-refractivity contribution in [3.63, 3.8) is 0 Å². The topological polar surface area (TPSA) is 154 Å². The molecule has 13 heteroatoms. The number of oxazole rings is 1. The Balaban J connectivity index is 1.47. The van der Waals surface area contributed by atoms with E-state index in [1.165, 1.54) is 40.7 Å². The molecule has 1 saturated heterocycles. The lowest BCUT2D eigenvalue weighted by atomic mass is 10.3. The first-order valence-corrected chi connectivity index (χ1v) is 11.8. The Bertz CT molecular complexity index is 1400. The van der Waals surface area contributed by atoms with Crippen molar-refractivity contribution in [1.82, 2.24) is 8.87 Å². The third-order valence-corrected chi connectivity index (χ3v) is 7.17.